The lowest BCUT2D eigenvalue weighted by Gasteiger charge is -2.15. The fourth-order valence-electron chi connectivity index (χ4n) is 1.79. The molecule has 0 amide bonds. The molecule has 1 rings (SSSR count). The Morgan fingerprint density at radius 3 is 2.81 bits per heavy atom. The van der Waals surface area contributed by atoms with E-state index in [0.717, 1.165) is 16.9 Å². The van der Waals surface area contributed by atoms with Gasteiger partial charge in [-0.3, -0.25) is 10.1 Å². The van der Waals surface area contributed by atoms with Gasteiger partial charge in [0.15, 0.2) is 6.23 Å². The van der Waals surface area contributed by atoms with Crippen molar-refractivity contribution in [2.75, 3.05) is 20.2 Å². The number of ether oxygens (including phenoxy) is 2. The Hall–Kier alpha value is -1.56. The number of carbonyl (C=O) groups excluding carboxylic acids is 1. The molecule has 1 atom stereocenters. The molecule has 0 bridgehead atoms. The third-order valence-electron chi connectivity index (χ3n) is 2.77. The molecule has 1 aromatic rings. The lowest BCUT2D eigenvalue weighted by molar-refractivity contribution is -0.146. The molecule has 1 aromatic carbocycles. The maximum absolute atomic E-state index is 10.8. The summed E-state index contributed by atoms with van der Waals surface area (Å²) in [4.78, 5) is 10.8. The number of nitrogens with one attached hydrogen (secondary N) is 1. The van der Waals surface area contributed by atoms with E-state index in [1.807, 2.05) is 12.1 Å². The number of esters is 1. The number of halogens is 1. The number of rotatable bonds is 7. The van der Waals surface area contributed by atoms with Crippen molar-refractivity contribution in [3.05, 3.63) is 34.4 Å². The zero-order valence-corrected chi connectivity index (χ0v) is 13.2. The molecule has 0 aliphatic rings. The molecular formula is C15H21ClN2O3. The summed E-state index contributed by atoms with van der Waals surface area (Å²) in [7, 11) is 1.60. The Morgan fingerprint density at radius 2 is 2.24 bits per heavy atom. The van der Waals surface area contributed by atoms with Crippen LogP contribution in [0.1, 0.15) is 19.4 Å². The number of hydrogen-bond donors (Lipinski definition) is 2. The van der Waals surface area contributed by atoms with Crippen molar-refractivity contribution in [3.63, 3.8) is 0 Å². The second-order valence-corrected chi connectivity index (χ2v) is 4.96. The minimum Gasteiger partial charge on any atom is -0.496 e. The summed E-state index contributed by atoms with van der Waals surface area (Å²) in [6.07, 6.45) is 1.54. The van der Waals surface area contributed by atoms with Crippen molar-refractivity contribution in [3.8, 4) is 5.75 Å². The molecule has 21 heavy (non-hydrogen) atoms. The highest BCUT2D eigenvalue weighted by Gasteiger charge is 2.07. The van der Waals surface area contributed by atoms with Gasteiger partial charge in [0.25, 0.3) is 0 Å². The van der Waals surface area contributed by atoms with Crippen molar-refractivity contribution in [1.29, 1.82) is 0 Å². The van der Waals surface area contributed by atoms with E-state index in [1.54, 1.807) is 26.2 Å². The van der Waals surface area contributed by atoms with Crippen LogP contribution < -0.4 is 15.8 Å². The molecule has 0 aliphatic carbocycles. The average molecular weight is 313 g/mol. The Balaban J connectivity index is 2.79. The van der Waals surface area contributed by atoms with Gasteiger partial charge in [0.1, 0.15) is 5.75 Å². The Bertz CT molecular complexity index is 518. The molecule has 0 spiro atoms. The maximum atomic E-state index is 10.8. The van der Waals surface area contributed by atoms with Gasteiger partial charge in [-0.2, -0.15) is 0 Å². The van der Waals surface area contributed by atoms with Gasteiger partial charge in [-0.05, 0) is 36.8 Å². The quantitative estimate of drug-likeness (QED) is 0.596. The molecule has 1 unspecified atom stereocenters. The zero-order valence-electron chi connectivity index (χ0n) is 12.5. The third kappa shape index (κ3) is 6.16. The molecule has 0 saturated heterocycles. The predicted molar refractivity (Wildman–Crippen MR) is 84.3 cm³/mol. The molecule has 116 valence electrons. The highest BCUT2D eigenvalue weighted by atomic mass is 35.5. The van der Waals surface area contributed by atoms with E-state index >= 15 is 0 Å². The topological polar surface area (TPSA) is 73.6 Å². The summed E-state index contributed by atoms with van der Waals surface area (Å²) in [5, 5.41) is 3.70. The summed E-state index contributed by atoms with van der Waals surface area (Å²) in [6, 6.07) is 5.38. The first-order valence-corrected chi connectivity index (χ1v) is 6.97. The number of carbonyl (C=O) groups is 1. The highest BCUT2D eigenvalue weighted by molar-refractivity contribution is 6.30. The van der Waals surface area contributed by atoms with E-state index in [0.29, 0.717) is 18.1 Å². The predicted octanol–water partition coefficient (Wildman–Crippen LogP) is 2.19. The molecule has 0 aliphatic heterocycles. The largest absolute Gasteiger partial charge is 0.496 e. The van der Waals surface area contributed by atoms with Crippen LogP contribution in [0.3, 0.4) is 0 Å². The zero-order chi connectivity index (χ0) is 15.8. The van der Waals surface area contributed by atoms with Gasteiger partial charge in [-0.25, -0.2) is 0 Å². The minimum absolute atomic E-state index is 0.329. The van der Waals surface area contributed by atoms with Crippen LogP contribution in [0, 0.1) is 0 Å². The van der Waals surface area contributed by atoms with E-state index in [4.69, 9.17) is 26.8 Å². The molecule has 3 N–H and O–H groups in total. The second-order valence-electron chi connectivity index (χ2n) is 4.53. The van der Waals surface area contributed by atoms with E-state index in [9.17, 15) is 4.79 Å². The smallest absolute Gasteiger partial charge is 0.304 e. The van der Waals surface area contributed by atoms with Crippen molar-refractivity contribution in [2.24, 2.45) is 5.73 Å². The fourth-order valence-corrected chi connectivity index (χ4v) is 1.97. The lowest BCUT2D eigenvalue weighted by Crippen LogP contribution is -2.33. The Kier molecular flexibility index (Phi) is 7.22. The molecule has 0 fully saturated rings. The van der Waals surface area contributed by atoms with Gasteiger partial charge in [-0.1, -0.05) is 11.6 Å². The maximum Gasteiger partial charge on any atom is 0.304 e. The summed E-state index contributed by atoms with van der Waals surface area (Å²) in [6.45, 7) is 4.00. The number of methoxy groups -OCH3 is 1. The van der Waals surface area contributed by atoms with Gasteiger partial charge in [0.2, 0.25) is 0 Å². The van der Waals surface area contributed by atoms with E-state index in [2.05, 4.69) is 5.32 Å². The first kappa shape index (κ1) is 17.5. The van der Waals surface area contributed by atoms with Crippen LogP contribution in [0.25, 0.3) is 6.08 Å². The van der Waals surface area contributed by atoms with E-state index < -0.39 is 0 Å². The van der Waals surface area contributed by atoms with Crippen molar-refractivity contribution in [1.82, 2.24) is 5.32 Å². The summed E-state index contributed by atoms with van der Waals surface area (Å²) in [5.74, 6) is 0.392. The number of benzene rings is 1. The molecule has 0 radical (unpaired) electrons. The van der Waals surface area contributed by atoms with Gasteiger partial charge < -0.3 is 15.2 Å². The van der Waals surface area contributed by atoms with Crippen molar-refractivity contribution < 1.29 is 14.3 Å². The van der Waals surface area contributed by atoms with Gasteiger partial charge in [0, 0.05) is 30.6 Å². The summed E-state index contributed by atoms with van der Waals surface area (Å²) in [5.41, 5.74) is 7.54. The molecule has 0 heterocycles. The van der Waals surface area contributed by atoms with Crippen LogP contribution in [0.15, 0.2) is 23.8 Å². The number of nitrogens with two attached hydrogens (primary N) is 1. The third-order valence-corrected chi connectivity index (χ3v) is 3.01. The van der Waals surface area contributed by atoms with Gasteiger partial charge in [-0.15, -0.1) is 0 Å². The van der Waals surface area contributed by atoms with Gasteiger partial charge in [0.05, 0.1) is 7.11 Å². The van der Waals surface area contributed by atoms with Crippen LogP contribution in [0.5, 0.6) is 5.75 Å². The standard InChI is InChI=1S/C15H21ClN2O3/c1-10(21-11(2)19)18-9-12(8-17)6-13-7-14(16)4-5-15(13)20-3/h4-7,10,18H,8-9,17H2,1-3H3. The molecule has 0 aromatic heterocycles. The molecule has 5 nitrogen and oxygen atoms in total. The van der Waals surface area contributed by atoms with Crippen molar-refractivity contribution >= 4 is 23.6 Å². The first-order chi connectivity index (χ1) is 9.96. The van der Waals surface area contributed by atoms with Crippen molar-refractivity contribution in [2.45, 2.75) is 20.1 Å². The first-order valence-electron chi connectivity index (χ1n) is 6.60. The van der Waals surface area contributed by atoms with Crippen LogP contribution in [0.2, 0.25) is 5.02 Å². The monoisotopic (exact) mass is 312 g/mol. The Morgan fingerprint density at radius 1 is 1.52 bits per heavy atom. The molecular weight excluding hydrogens is 292 g/mol. The summed E-state index contributed by atoms with van der Waals surface area (Å²) >= 11 is 6.00. The number of hydrogen-bond acceptors (Lipinski definition) is 5. The highest BCUT2D eigenvalue weighted by Crippen LogP contribution is 2.24. The minimum atomic E-state index is -0.376. The van der Waals surface area contributed by atoms with Crippen LogP contribution >= 0.6 is 11.6 Å². The molecule has 6 heteroatoms. The SMILES string of the molecule is COc1ccc(Cl)cc1C=C(CN)CNC(C)OC(C)=O. The molecule has 0 saturated carbocycles. The Labute approximate surface area is 130 Å². The van der Waals surface area contributed by atoms with Crippen LogP contribution in [0.4, 0.5) is 0 Å². The lowest BCUT2D eigenvalue weighted by atomic mass is 10.1. The van der Waals surface area contributed by atoms with E-state index in [1.165, 1.54) is 6.92 Å². The average Bonchev–Trinajstić information content (AvgIpc) is 2.42. The van der Waals surface area contributed by atoms with Crippen LogP contribution in [-0.4, -0.2) is 32.4 Å². The van der Waals surface area contributed by atoms with E-state index in [-0.39, 0.29) is 12.2 Å². The second kappa shape index (κ2) is 8.67. The fraction of sp³-hybridized carbons (Fsp3) is 0.400. The van der Waals surface area contributed by atoms with Crippen LogP contribution in [-0.2, 0) is 9.53 Å². The normalized spacial score (nSPS) is 12.9. The summed E-state index contributed by atoms with van der Waals surface area (Å²) < 4.78 is 10.3. The van der Waals surface area contributed by atoms with Gasteiger partial charge >= 0.3 is 5.97 Å².